The molecule has 1 aromatic carbocycles. The second-order valence-corrected chi connectivity index (χ2v) is 4.32. The first-order valence-corrected chi connectivity index (χ1v) is 5.66. The molecule has 0 saturated heterocycles. The normalized spacial score (nSPS) is 12.4. The lowest BCUT2D eigenvalue weighted by molar-refractivity contribution is 0.220. The van der Waals surface area contributed by atoms with Gasteiger partial charge >= 0.3 is 0 Å². The lowest BCUT2D eigenvalue weighted by Gasteiger charge is -2.16. The number of aromatic nitrogens is 2. The van der Waals surface area contributed by atoms with Crippen molar-refractivity contribution < 1.29 is 9.84 Å². The Bertz CT molecular complexity index is 563. The van der Waals surface area contributed by atoms with E-state index < -0.39 is 6.10 Å². The third-order valence-corrected chi connectivity index (χ3v) is 3.07. The number of anilines is 1. The summed E-state index contributed by atoms with van der Waals surface area (Å²) in [4.78, 5) is 0. The van der Waals surface area contributed by atoms with Crippen molar-refractivity contribution in [1.82, 2.24) is 10.2 Å². The van der Waals surface area contributed by atoms with Gasteiger partial charge in [-0.15, -0.1) is 0 Å². The Balaban J connectivity index is 2.46. The third-order valence-electron chi connectivity index (χ3n) is 3.07. The zero-order valence-electron chi connectivity index (χ0n) is 10.7. The molecule has 1 atom stereocenters. The molecule has 0 radical (unpaired) electrons. The number of aromatic amines is 1. The minimum atomic E-state index is -0.784. The summed E-state index contributed by atoms with van der Waals surface area (Å²) >= 11 is 0. The van der Waals surface area contributed by atoms with Crippen LogP contribution in [0.3, 0.4) is 0 Å². The highest BCUT2D eigenvalue weighted by molar-refractivity contribution is 5.48. The highest BCUT2D eigenvalue weighted by atomic mass is 16.5. The van der Waals surface area contributed by atoms with Crippen molar-refractivity contribution in [2.24, 2.45) is 0 Å². The first-order chi connectivity index (χ1) is 8.54. The first-order valence-electron chi connectivity index (χ1n) is 5.66. The van der Waals surface area contributed by atoms with Gasteiger partial charge in [0, 0.05) is 5.56 Å². The molecule has 0 aliphatic heterocycles. The lowest BCUT2D eigenvalue weighted by atomic mass is 9.96. The SMILES string of the molecule is COc1cc(C)c(C(O)c2cn[nH]c2N)cc1C. The zero-order valence-corrected chi connectivity index (χ0v) is 10.7. The van der Waals surface area contributed by atoms with Crippen LogP contribution >= 0.6 is 0 Å². The Kier molecular flexibility index (Phi) is 3.25. The van der Waals surface area contributed by atoms with E-state index in [1.807, 2.05) is 26.0 Å². The number of rotatable bonds is 3. The molecule has 5 nitrogen and oxygen atoms in total. The molecule has 0 saturated carbocycles. The number of methoxy groups -OCH3 is 1. The van der Waals surface area contributed by atoms with Crippen molar-refractivity contribution in [3.8, 4) is 5.75 Å². The predicted octanol–water partition coefficient (Wildman–Crippen LogP) is 1.70. The number of H-pyrrole nitrogens is 1. The van der Waals surface area contributed by atoms with E-state index in [2.05, 4.69) is 10.2 Å². The summed E-state index contributed by atoms with van der Waals surface area (Å²) in [5.74, 6) is 1.19. The summed E-state index contributed by atoms with van der Waals surface area (Å²) in [7, 11) is 1.63. The molecule has 96 valence electrons. The molecule has 18 heavy (non-hydrogen) atoms. The average Bonchev–Trinajstić information content (AvgIpc) is 2.77. The monoisotopic (exact) mass is 247 g/mol. The standard InChI is InChI=1S/C13H17N3O2/c1-7-5-11(18-3)8(2)4-9(7)12(17)10-6-15-16-13(10)14/h4-6,12,17H,1-3H3,(H3,14,15,16). The summed E-state index contributed by atoms with van der Waals surface area (Å²) in [5.41, 5.74) is 9.03. The smallest absolute Gasteiger partial charge is 0.125 e. The quantitative estimate of drug-likeness (QED) is 0.770. The molecule has 0 spiro atoms. The fourth-order valence-corrected chi connectivity index (χ4v) is 2.02. The summed E-state index contributed by atoms with van der Waals surface area (Å²) in [5, 5.41) is 16.8. The highest BCUT2D eigenvalue weighted by Crippen LogP contribution is 2.31. The Morgan fingerprint density at radius 1 is 1.28 bits per heavy atom. The number of nitrogens with one attached hydrogen (secondary N) is 1. The topological polar surface area (TPSA) is 84.2 Å². The number of nitrogen functional groups attached to an aromatic ring is 1. The maximum absolute atomic E-state index is 10.3. The highest BCUT2D eigenvalue weighted by Gasteiger charge is 2.18. The van der Waals surface area contributed by atoms with Crippen molar-refractivity contribution in [3.05, 3.63) is 40.6 Å². The summed E-state index contributed by atoms with van der Waals surface area (Å²) in [6.45, 7) is 3.87. The number of hydrogen-bond acceptors (Lipinski definition) is 4. The number of aliphatic hydroxyl groups is 1. The van der Waals surface area contributed by atoms with Gasteiger partial charge in [0.05, 0.1) is 13.3 Å². The zero-order chi connectivity index (χ0) is 13.3. The number of hydrogen-bond donors (Lipinski definition) is 3. The van der Waals surface area contributed by atoms with Crippen molar-refractivity contribution >= 4 is 5.82 Å². The average molecular weight is 247 g/mol. The summed E-state index contributed by atoms with van der Waals surface area (Å²) in [6.07, 6.45) is 0.757. The lowest BCUT2D eigenvalue weighted by Crippen LogP contribution is -2.05. The van der Waals surface area contributed by atoms with Crippen LogP contribution < -0.4 is 10.5 Å². The molecule has 5 heteroatoms. The van der Waals surface area contributed by atoms with Gasteiger partial charge in [-0.3, -0.25) is 5.10 Å². The van der Waals surface area contributed by atoms with E-state index in [-0.39, 0.29) is 0 Å². The largest absolute Gasteiger partial charge is 0.496 e. The summed E-state index contributed by atoms with van der Waals surface area (Å²) in [6, 6.07) is 3.81. The van der Waals surface area contributed by atoms with Gasteiger partial charge in [0.25, 0.3) is 0 Å². The minimum absolute atomic E-state index is 0.385. The molecule has 0 aliphatic rings. The molecular weight excluding hydrogens is 230 g/mol. The third kappa shape index (κ3) is 2.04. The van der Waals surface area contributed by atoms with E-state index in [0.29, 0.717) is 11.4 Å². The Labute approximate surface area is 106 Å². The van der Waals surface area contributed by atoms with Crippen LogP contribution in [-0.2, 0) is 0 Å². The van der Waals surface area contributed by atoms with E-state index in [4.69, 9.17) is 10.5 Å². The van der Waals surface area contributed by atoms with Crippen LogP contribution in [-0.4, -0.2) is 22.4 Å². The van der Waals surface area contributed by atoms with Gasteiger partial charge in [0.2, 0.25) is 0 Å². The van der Waals surface area contributed by atoms with Gasteiger partial charge in [-0.2, -0.15) is 5.10 Å². The van der Waals surface area contributed by atoms with Gasteiger partial charge < -0.3 is 15.6 Å². The first kappa shape index (κ1) is 12.4. The van der Waals surface area contributed by atoms with Crippen LogP contribution in [0.25, 0.3) is 0 Å². The molecular formula is C13H17N3O2. The van der Waals surface area contributed by atoms with Gasteiger partial charge in [0.1, 0.15) is 17.7 Å². The van der Waals surface area contributed by atoms with Crippen molar-refractivity contribution in [2.75, 3.05) is 12.8 Å². The molecule has 0 aliphatic carbocycles. The second kappa shape index (κ2) is 4.70. The van der Waals surface area contributed by atoms with E-state index in [1.54, 1.807) is 13.3 Å². The molecule has 4 N–H and O–H groups in total. The second-order valence-electron chi connectivity index (χ2n) is 4.32. The van der Waals surface area contributed by atoms with Gasteiger partial charge in [-0.1, -0.05) is 0 Å². The number of aliphatic hydroxyl groups excluding tert-OH is 1. The number of nitrogens with zero attached hydrogens (tertiary/aromatic N) is 1. The Hall–Kier alpha value is -2.01. The fourth-order valence-electron chi connectivity index (χ4n) is 2.02. The van der Waals surface area contributed by atoms with Gasteiger partial charge in [0.15, 0.2) is 0 Å². The van der Waals surface area contributed by atoms with E-state index in [0.717, 1.165) is 22.4 Å². The van der Waals surface area contributed by atoms with Crippen LogP contribution in [0.1, 0.15) is 28.4 Å². The van der Waals surface area contributed by atoms with Gasteiger partial charge in [-0.05, 0) is 42.7 Å². The van der Waals surface area contributed by atoms with Crippen LogP contribution in [0.15, 0.2) is 18.3 Å². The minimum Gasteiger partial charge on any atom is -0.496 e. The molecule has 2 rings (SSSR count). The number of aryl methyl sites for hydroxylation is 2. The molecule has 0 fully saturated rings. The Morgan fingerprint density at radius 2 is 2.00 bits per heavy atom. The molecule has 1 aromatic heterocycles. The Morgan fingerprint density at radius 3 is 2.56 bits per heavy atom. The number of benzene rings is 1. The number of nitrogens with two attached hydrogens (primary N) is 1. The van der Waals surface area contributed by atoms with Crippen LogP contribution in [0.5, 0.6) is 5.75 Å². The van der Waals surface area contributed by atoms with Crippen molar-refractivity contribution in [2.45, 2.75) is 20.0 Å². The maximum Gasteiger partial charge on any atom is 0.125 e. The summed E-state index contributed by atoms with van der Waals surface area (Å²) < 4.78 is 5.25. The predicted molar refractivity (Wildman–Crippen MR) is 69.5 cm³/mol. The van der Waals surface area contributed by atoms with E-state index in [1.165, 1.54) is 0 Å². The van der Waals surface area contributed by atoms with Crippen LogP contribution in [0, 0.1) is 13.8 Å². The maximum atomic E-state index is 10.3. The molecule has 1 heterocycles. The number of ether oxygens (including phenoxy) is 1. The molecule has 2 aromatic rings. The molecule has 0 amide bonds. The van der Waals surface area contributed by atoms with Crippen molar-refractivity contribution in [3.63, 3.8) is 0 Å². The van der Waals surface area contributed by atoms with Crippen molar-refractivity contribution in [1.29, 1.82) is 0 Å². The fraction of sp³-hybridized carbons (Fsp3) is 0.308. The van der Waals surface area contributed by atoms with E-state index >= 15 is 0 Å². The molecule has 1 unspecified atom stereocenters. The van der Waals surface area contributed by atoms with Crippen LogP contribution in [0.2, 0.25) is 0 Å². The van der Waals surface area contributed by atoms with E-state index in [9.17, 15) is 5.11 Å². The molecule has 0 bridgehead atoms. The van der Waals surface area contributed by atoms with Gasteiger partial charge in [-0.25, -0.2) is 0 Å². The van der Waals surface area contributed by atoms with Crippen LogP contribution in [0.4, 0.5) is 5.82 Å².